The molecule has 0 aromatic heterocycles. The molecule has 1 saturated heterocycles. The second-order valence-corrected chi connectivity index (χ2v) is 3.84. The van der Waals surface area contributed by atoms with Gasteiger partial charge in [-0.1, -0.05) is 12.1 Å². The third-order valence-corrected chi connectivity index (χ3v) is 2.88. The van der Waals surface area contributed by atoms with Gasteiger partial charge in [-0.15, -0.1) is 0 Å². The van der Waals surface area contributed by atoms with Crippen molar-refractivity contribution in [2.24, 2.45) is 5.92 Å². The second-order valence-electron chi connectivity index (χ2n) is 3.84. The van der Waals surface area contributed by atoms with E-state index in [9.17, 15) is 9.59 Å². The Kier molecular flexibility index (Phi) is 2.99. The predicted octanol–water partition coefficient (Wildman–Crippen LogP) is 1.13. The van der Waals surface area contributed by atoms with Crippen LogP contribution in [0.25, 0.3) is 0 Å². The summed E-state index contributed by atoms with van der Waals surface area (Å²) >= 11 is 0. The molecule has 1 atom stereocenters. The lowest BCUT2D eigenvalue weighted by Crippen LogP contribution is -2.30. The highest BCUT2D eigenvalue weighted by Gasteiger charge is 2.38. The zero-order valence-corrected chi connectivity index (χ0v) is 9.42. The van der Waals surface area contributed by atoms with Crippen LogP contribution in [-0.2, 0) is 9.59 Å². The molecule has 0 spiro atoms. The molecule has 90 valence electrons. The summed E-state index contributed by atoms with van der Waals surface area (Å²) in [7, 11) is 1.52. The number of methoxy groups -OCH3 is 1. The van der Waals surface area contributed by atoms with E-state index in [1.165, 1.54) is 12.0 Å². The van der Waals surface area contributed by atoms with Crippen LogP contribution in [0.5, 0.6) is 5.75 Å². The Morgan fingerprint density at radius 1 is 1.47 bits per heavy atom. The van der Waals surface area contributed by atoms with Crippen LogP contribution in [0.1, 0.15) is 6.42 Å². The van der Waals surface area contributed by atoms with Gasteiger partial charge in [0.05, 0.1) is 12.8 Å². The molecule has 0 saturated carbocycles. The maximum Gasteiger partial charge on any atom is 0.316 e. The van der Waals surface area contributed by atoms with Gasteiger partial charge in [-0.2, -0.15) is 0 Å². The Morgan fingerprint density at radius 3 is 2.76 bits per heavy atom. The highest BCUT2D eigenvalue weighted by atomic mass is 16.5. The first-order chi connectivity index (χ1) is 8.15. The summed E-state index contributed by atoms with van der Waals surface area (Å²) in [6.45, 7) is 0.413. The zero-order chi connectivity index (χ0) is 12.4. The molecule has 1 aromatic carbocycles. The van der Waals surface area contributed by atoms with Crippen LogP contribution in [0, 0.1) is 5.92 Å². The first-order valence-electron chi connectivity index (χ1n) is 5.32. The summed E-state index contributed by atoms with van der Waals surface area (Å²) in [5, 5.41) is 8.90. The lowest BCUT2D eigenvalue weighted by Gasteiger charge is -2.18. The van der Waals surface area contributed by atoms with Crippen LogP contribution >= 0.6 is 0 Å². The van der Waals surface area contributed by atoms with Crippen LogP contribution in [-0.4, -0.2) is 30.6 Å². The summed E-state index contributed by atoms with van der Waals surface area (Å²) in [4.78, 5) is 24.2. The van der Waals surface area contributed by atoms with Gasteiger partial charge in [0, 0.05) is 6.54 Å². The Bertz CT molecular complexity index is 458. The summed E-state index contributed by atoms with van der Waals surface area (Å²) in [5.41, 5.74) is 0.628. The summed E-state index contributed by atoms with van der Waals surface area (Å²) in [6, 6.07) is 7.09. The first kappa shape index (κ1) is 11.4. The highest BCUT2D eigenvalue weighted by molar-refractivity contribution is 6.08. The minimum atomic E-state index is -1.06. The van der Waals surface area contributed by atoms with Crippen LogP contribution in [0.2, 0.25) is 0 Å². The molecule has 0 bridgehead atoms. The molecule has 1 N–H and O–H groups in total. The molecule has 2 rings (SSSR count). The molecule has 0 unspecified atom stereocenters. The molecular weight excluding hydrogens is 222 g/mol. The van der Waals surface area contributed by atoms with Gasteiger partial charge in [0.15, 0.2) is 0 Å². The molecule has 1 aliphatic rings. The van der Waals surface area contributed by atoms with E-state index >= 15 is 0 Å². The van der Waals surface area contributed by atoms with Crippen molar-refractivity contribution in [2.75, 3.05) is 18.6 Å². The van der Waals surface area contributed by atoms with Crippen LogP contribution < -0.4 is 9.64 Å². The number of para-hydroxylation sites is 2. The van der Waals surface area contributed by atoms with E-state index in [4.69, 9.17) is 9.84 Å². The number of amides is 1. The fourth-order valence-electron chi connectivity index (χ4n) is 2.00. The number of anilines is 1. The van der Waals surface area contributed by atoms with E-state index in [1.54, 1.807) is 24.3 Å². The normalized spacial score (nSPS) is 19.5. The van der Waals surface area contributed by atoms with E-state index in [2.05, 4.69) is 0 Å². The lowest BCUT2D eigenvalue weighted by molar-refractivity contribution is -0.144. The molecule has 0 aliphatic carbocycles. The summed E-state index contributed by atoms with van der Waals surface area (Å²) in [6.07, 6.45) is 0.339. The number of benzene rings is 1. The lowest BCUT2D eigenvalue weighted by atomic mass is 10.1. The van der Waals surface area contributed by atoms with Crippen molar-refractivity contribution in [3.8, 4) is 5.75 Å². The Hall–Kier alpha value is -2.04. The number of hydrogen-bond donors (Lipinski definition) is 1. The van der Waals surface area contributed by atoms with Gasteiger partial charge in [-0.05, 0) is 18.6 Å². The monoisotopic (exact) mass is 235 g/mol. The Labute approximate surface area is 98.6 Å². The number of ether oxygens (including phenoxy) is 1. The molecular formula is C12H13NO4. The van der Waals surface area contributed by atoms with Gasteiger partial charge >= 0.3 is 5.97 Å². The highest BCUT2D eigenvalue weighted by Crippen LogP contribution is 2.32. The first-order valence-corrected chi connectivity index (χ1v) is 5.32. The van der Waals surface area contributed by atoms with Crippen molar-refractivity contribution >= 4 is 17.6 Å². The maximum atomic E-state index is 11.9. The summed E-state index contributed by atoms with van der Waals surface area (Å²) < 4.78 is 5.16. The smallest absolute Gasteiger partial charge is 0.316 e. The van der Waals surface area contributed by atoms with Crippen molar-refractivity contribution in [3.05, 3.63) is 24.3 Å². The van der Waals surface area contributed by atoms with Crippen LogP contribution in [0.3, 0.4) is 0 Å². The molecule has 0 radical (unpaired) electrons. The quantitative estimate of drug-likeness (QED) is 0.797. The van der Waals surface area contributed by atoms with Crippen LogP contribution in [0.4, 0.5) is 5.69 Å². The van der Waals surface area contributed by atoms with Crippen molar-refractivity contribution in [1.29, 1.82) is 0 Å². The van der Waals surface area contributed by atoms with Crippen molar-refractivity contribution in [2.45, 2.75) is 6.42 Å². The molecule has 1 heterocycles. The fraction of sp³-hybridized carbons (Fsp3) is 0.333. The number of nitrogens with zero attached hydrogens (tertiary/aromatic N) is 1. The number of aliphatic carboxylic acids is 1. The minimum Gasteiger partial charge on any atom is -0.495 e. The standard InChI is InChI=1S/C12H13NO4/c1-17-10-5-3-2-4-9(10)13-7-6-8(11(13)14)12(15)16/h2-5,8H,6-7H2,1H3,(H,15,16)/t8-/m0/s1. The Morgan fingerprint density at radius 2 is 2.18 bits per heavy atom. The van der Waals surface area contributed by atoms with Gasteiger partial charge in [-0.25, -0.2) is 0 Å². The molecule has 1 aliphatic heterocycles. The van der Waals surface area contributed by atoms with Crippen molar-refractivity contribution in [3.63, 3.8) is 0 Å². The van der Waals surface area contributed by atoms with Crippen molar-refractivity contribution < 1.29 is 19.4 Å². The maximum absolute atomic E-state index is 11.9. The second kappa shape index (κ2) is 4.45. The third kappa shape index (κ3) is 1.95. The van der Waals surface area contributed by atoms with E-state index in [0.29, 0.717) is 24.4 Å². The largest absolute Gasteiger partial charge is 0.495 e. The number of carboxylic acids is 1. The van der Waals surface area contributed by atoms with E-state index in [0.717, 1.165) is 0 Å². The Balaban J connectivity index is 2.30. The molecule has 1 fully saturated rings. The number of carbonyl (C=O) groups excluding carboxylic acids is 1. The van der Waals surface area contributed by atoms with Gasteiger partial charge in [-0.3, -0.25) is 9.59 Å². The van der Waals surface area contributed by atoms with Gasteiger partial charge in [0.25, 0.3) is 0 Å². The molecule has 5 heteroatoms. The molecule has 1 amide bonds. The topological polar surface area (TPSA) is 66.8 Å². The number of rotatable bonds is 3. The van der Waals surface area contributed by atoms with Gasteiger partial charge in [0.2, 0.25) is 5.91 Å². The average Bonchev–Trinajstić information content (AvgIpc) is 2.71. The van der Waals surface area contributed by atoms with E-state index in [-0.39, 0.29) is 5.91 Å². The van der Waals surface area contributed by atoms with E-state index < -0.39 is 11.9 Å². The van der Waals surface area contributed by atoms with Gasteiger partial charge in [0.1, 0.15) is 11.7 Å². The third-order valence-electron chi connectivity index (χ3n) is 2.88. The SMILES string of the molecule is COc1ccccc1N1CC[C@H](C(=O)O)C1=O. The number of hydrogen-bond acceptors (Lipinski definition) is 3. The van der Waals surface area contributed by atoms with Crippen LogP contribution in [0.15, 0.2) is 24.3 Å². The molecule has 17 heavy (non-hydrogen) atoms. The minimum absolute atomic E-state index is 0.339. The zero-order valence-electron chi connectivity index (χ0n) is 9.42. The average molecular weight is 235 g/mol. The van der Waals surface area contributed by atoms with Gasteiger partial charge < -0.3 is 14.7 Å². The molecule has 1 aromatic rings. The van der Waals surface area contributed by atoms with E-state index in [1.807, 2.05) is 0 Å². The summed E-state index contributed by atoms with van der Waals surface area (Å²) in [5.74, 6) is -1.79. The number of carboxylic acid groups (broad SMARTS) is 1. The molecule has 5 nitrogen and oxygen atoms in total. The fourth-order valence-corrected chi connectivity index (χ4v) is 2.00. The predicted molar refractivity (Wildman–Crippen MR) is 61.1 cm³/mol. The van der Waals surface area contributed by atoms with Crippen molar-refractivity contribution in [1.82, 2.24) is 0 Å². The number of carbonyl (C=O) groups is 2.